The van der Waals surface area contributed by atoms with Crippen molar-refractivity contribution in [2.24, 2.45) is 4.99 Å². The molecule has 0 bridgehead atoms. The quantitative estimate of drug-likeness (QED) is 0.606. The van der Waals surface area contributed by atoms with Gasteiger partial charge in [-0.2, -0.15) is 0 Å². The Morgan fingerprint density at radius 3 is 2.59 bits per heavy atom. The summed E-state index contributed by atoms with van der Waals surface area (Å²) >= 11 is 0. The first-order valence-electron chi connectivity index (χ1n) is 5.35. The number of nitrogens with one attached hydrogen (secondary N) is 2. The molecule has 0 aliphatic rings. The van der Waals surface area contributed by atoms with Gasteiger partial charge in [0, 0.05) is 26.2 Å². The van der Waals surface area contributed by atoms with Crippen LogP contribution in [0.5, 0.6) is 11.5 Å². The number of benzene rings is 1. The standard InChI is InChI=1S/C12H19N3O2/c1-13-12(14-2)15-8-9-6-5-7-10(16-3)11(9)17-4/h5-7H,8H2,1-4H3,(H2,13,14,15). The van der Waals surface area contributed by atoms with Gasteiger partial charge in [0.25, 0.3) is 0 Å². The smallest absolute Gasteiger partial charge is 0.190 e. The van der Waals surface area contributed by atoms with Gasteiger partial charge in [0.15, 0.2) is 17.5 Å². The number of nitrogens with zero attached hydrogens (tertiary/aromatic N) is 1. The molecule has 0 amide bonds. The highest BCUT2D eigenvalue weighted by Gasteiger charge is 2.09. The van der Waals surface area contributed by atoms with Crippen molar-refractivity contribution in [1.29, 1.82) is 0 Å². The SMILES string of the molecule is CN=C(NC)NCc1cccc(OC)c1OC. The molecule has 1 rings (SSSR count). The van der Waals surface area contributed by atoms with Crippen LogP contribution in [0.25, 0.3) is 0 Å². The van der Waals surface area contributed by atoms with E-state index >= 15 is 0 Å². The summed E-state index contributed by atoms with van der Waals surface area (Å²) in [4.78, 5) is 4.04. The minimum absolute atomic E-state index is 0.619. The molecule has 0 unspecified atom stereocenters. The largest absolute Gasteiger partial charge is 0.493 e. The molecule has 5 heteroatoms. The number of rotatable bonds is 4. The third kappa shape index (κ3) is 3.27. The highest BCUT2D eigenvalue weighted by Crippen LogP contribution is 2.30. The monoisotopic (exact) mass is 237 g/mol. The molecule has 0 atom stereocenters. The van der Waals surface area contributed by atoms with E-state index in [2.05, 4.69) is 15.6 Å². The lowest BCUT2D eigenvalue weighted by Gasteiger charge is -2.14. The summed E-state index contributed by atoms with van der Waals surface area (Å²) in [5.41, 5.74) is 1.02. The predicted molar refractivity (Wildman–Crippen MR) is 68.8 cm³/mol. The van der Waals surface area contributed by atoms with Gasteiger partial charge in [-0.3, -0.25) is 4.99 Å². The minimum Gasteiger partial charge on any atom is -0.493 e. The van der Waals surface area contributed by atoms with E-state index in [0.29, 0.717) is 6.54 Å². The molecule has 5 nitrogen and oxygen atoms in total. The van der Waals surface area contributed by atoms with Crippen molar-refractivity contribution in [1.82, 2.24) is 10.6 Å². The summed E-state index contributed by atoms with van der Waals surface area (Å²) in [6.07, 6.45) is 0. The average molecular weight is 237 g/mol. The molecule has 1 aromatic carbocycles. The highest BCUT2D eigenvalue weighted by molar-refractivity contribution is 5.79. The molecule has 17 heavy (non-hydrogen) atoms. The third-order valence-electron chi connectivity index (χ3n) is 2.39. The Labute approximate surface area is 102 Å². The summed E-state index contributed by atoms with van der Waals surface area (Å²) < 4.78 is 10.6. The molecule has 0 heterocycles. The van der Waals surface area contributed by atoms with Crippen LogP contribution in [0.1, 0.15) is 5.56 Å². The zero-order valence-corrected chi connectivity index (χ0v) is 10.7. The van der Waals surface area contributed by atoms with Crippen LogP contribution in [0.4, 0.5) is 0 Å². The van der Waals surface area contributed by atoms with Crippen molar-refractivity contribution < 1.29 is 9.47 Å². The highest BCUT2D eigenvalue weighted by atomic mass is 16.5. The minimum atomic E-state index is 0.619. The fourth-order valence-corrected chi connectivity index (χ4v) is 1.55. The molecule has 0 aliphatic carbocycles. The second kappa shape index (κ2) is 6.62. The molecule has 0 saturated carbocycles. The summed E-state index contributed by atoms with van der Waals surface area (Å²) in [5.74, 6) is 2.20. The van der Waals surface area contributed by atoms with E-state index in [1.165, 1.54) is 0 Å². The van der Waals surface area contributed by atoms with Gasteiger partial charge >= 0.3 is 0 Å². The summed E-state index contributed by atoms with van der Waals surface area (Å²) in [6, 6.07) is 5.78. The summed E-state index contributed by atoms with van der Waals surface area (Å²) in [6.45, 7) is 0.619. The molecule has 0 spiro atoms. The average Bonchev–Trinajstić information content (AvgIpc) is 2.39. The number of aliphatic imine (C=N–C) groups is 1. The number of guanidine groups is 1. The lowest BCUT2D eigenvalue weighted by Crippen LogP contribution is -2.34. The molecule has 2 N–H and O–H groups in total. The van der Waals surface area contributed by atoms with Crippen LogP contribution < -0.4 is 20.1 Å². The van der Waals surface area contributed by atoms with Gasteiger partial charge < -0.3 is 20.1 Å². The second-order valence-corrected chi connectivity index (χ2v) is 3.33. The lowest BCUT2D eigenvalue weighted by molar-refractivity contribution is 0.351. The van der Waals surface area contributed by atoms with E-state index in [9.17, 15) is 0 Å². The maximum atomic E-state index is 5.34. The summed E-state index contributed by atoms with van der Waals surface area (Å²) in [7, 11) is 6.80. The van der Waals surface area contributed by atoms with Crippen molar-refractivity contribution in [3.8, 4) is 11.5 Å². The molecular weight excluding hydrogens is 218 g/mol. The Bertz CT molecular complexity index is 391. The number of hydrogen-bond donors (Lipinski definition) is 2. The maximum absolute atomic E-state index is 5.34. The third-order valence-corrected chi connectivity index (χ3v) is 2.39. The predicted octanol–water partition coefficient (Wildman–Crippen LogP) is 0.999. The van der Waals surface area contributed by atoms with Crippen LogP contribution in [0.15, 0.2) is 23.2 Å². The van der Waals surface area contributed by atoms with Crippen molar-refractivity contribution in [2.75, 3.05) is 28.3 Å². The summed E-state index contributed by atoms with van der Waals surface area (Å²) in [5, 5.41) is 6.12. The van der Waals surface area contributed by atoms with Gasteiger partial charge in [-0.05, 0) is 6.07 Å². The second-order valence-electron chi connectivity index (χ2n) is 3.33. The first kappa shape index (κ1) is 13.2. The van der Waals surface area contributed by atoms with Crippen LogP contribution in [0, 0.1) is 0 Å². The Balaban J connectivity index is 2.83. The van der Waals surface area contributed by atoms with Crippen LogP contribution >= 0.6 is 0 Å². The molecule has 94 valence electrons. The van der Waals surface area contributed by atoms with E-state index in [0.717, 1.165) is 23.0 Å². The Kier molecular flexibility index (Phi) is 5.13. The lowest BCUT2D eigenvalue weighted by atomic mass is 10.2. The van der Waals surface area contributed by atoms with Gasteiger partial charge in [-0.15, -0.1) is 0 Å². The van der Waals surface area contributed by atoms with Crippen molar-refractivity contribution in [2.45, 2.75) is 6.54 Å². The van der Waals surface area contributed by atoms with Gasteiger partial charge in [0.1, 0.15) is 0 Å². The van der Waals surface area contributed by atoms with E-state index < -0.39 is 0 Å². The van der Waals surface area contributed by atoms with Gasteiger partial charge in [-0.25, -0.2) is 0 Å². The molecule has 1 aromatic rings. The molecule has 0 radical (unpaired) electrons. The fraction of sp³-hybridized carbons (Fsp3) is 0.417. The Morgan fingerprint density at radius 1 is 1.29 bits per heavy atom. The molecular formula is C12H19N3O2. The number of methoxy groups -OCH3 is 2. The maximum Gasteiger partial charge on any atom is 0.190 e. The van der Waals surface area contributed by atoms with E-state index in [4.69, 9.17) is 9.47 Å². The number of ether oxygens (including phenoxy) is 2. The molecule has 0 saturated heterocycles. The van der Waals surface area contributed by atoms with Gasteiger partial charge in [0.05, 0.1) is 14.2 Å². The van der Waals surface area contributed by atoms with Crippen LogP contribution in [0.3, 0.4) is 0 Å². The fourth-order valence-electron chi connectivity index (χ4n) is 1.55. The van der Waals surface area contributed by atoms with Crippen LogP contribution in [-0.4, -0.2) is 34.3 Å². The van der Waals surface area contributed by atoms with Crippen molar-refractivity contribution >= 4 is 5.96 Å². The Morgan fingerprint density at radius 2 is 2.06 bits per heavy atom. The molecule has 0 aromatic heterocycles. The van der Waals surface area contributed by atoms with Gasteiger partial charge in [-0.1, -0.05) is 12.1 Å². The zero-order valence-electron chi connectivity index (χ0n) is 10.7. The zero-order chi connectivity index (χ0) is 12.7. The van der Waals surface area contributed by atoms with Gasteiger partial charge in [0.2, 0.25) is 0 Å². The van der Waals surface area contributed by atoms with E-state index in [1.54, 1.807) is 21.3 Å². The molecule has 0 aliphatic heterocycles. The normalized spacial score (nSPS) is 10.9. The van der Waals surface area contributed by atoms with Crippen LogP contribution in [-0.2, 0) is 6.54 Å². The topological polar surface area (TPSA) is 54.9 Å². The van der Waals surface area contributed by atoms with E-state index in [1.807, 2.05) is 25.2 Å². The first-order valence-corrected chi connectivity index (χ1v) is 5.35. The molecule has 0 fully saturated rings. The van der Waals surface area contributed by atoms with Crippen molar-refractivity contribution in [3.63, 3.8) is 0 Å². The van der Waals surface area contributed by atoms with Crippen molar-refractivity contribution in [3.05, 3.63) is 23.8 Å². The first-order chi connectivity index (χ1) is 8.26. The Hall–Kier alpha value is -1.91. The van der Waals surface area contributed by atoms with Crippen LogP contribution in [0.2, 0.25) is 0 Å². The number of hydrogen-bond acceptors (Lipinski definition) is 3. The van der Waals surface area contributed by atoms with E-state index in [-0.39, 0.29) is 0 Å². The number of para-hydroxylation sites is 1.